The van der Waals surface area contributed by atoms with Crippen LogP contribution in [-0.4, -0.2) is 29.1 Å². The number of fused-ring (bicyclic) bond motifs is 3. The molecule has 5 rings (SSSR count). The van der Waals surface area contributed by atoms with Crippen LogP contribution in [0.15, 0.2) is 24.3 Å². The lowest BCUT2D eigenvalue weighted by Gasteiger charge is -2.56. The average molecular weight is 382 g/mol. The molecule has 0 aliphatic carbocycles. The van der Waals surface area contributed by atoms with Crippen molar-refractivity contribution >= 4 is 35.7 Å². The number of aromatic nitrogens is 1. The number of nitrogens with two attached hydrogens (primary N) is 1. The summed E-state index contributed by atoms with van der Waals surface area (Å²) in [6, 6.07) is 10.1. The standard InChI is InChI=1S/C20H27N3.2ClH/c1-2-20-9-5-10-22-11-8-16-15-6-3-4-7-17(15)23(14(12-20)13-21)18(16)19(20)22;;/h3-4,6-7,14,19H,2,5,8-13,21H2,1H3;2*1H/t14?,19-,20+;;/m1../s1. The highest BCUT2D eigenvalue weighted by Crippen LogP contribution is 2.59. The zero-order valence-corrected chi connectivity index (χ0v) is 16.5. The molecule has 1 fully saturated rings. The first kappa shape index (κ1) is 19.0. The van der Waals surface area contributed by atoms with Gasteiger partial charge in [-0.1, -0.05) is 25.1 Å². The number of benzene rings is 1. The lowest BCUT2D eigenvalue weighted by Crippen LogP contribution is -2.53. The second kappa shape index (κ2) is 6.77. The van der Waals surface area contributed by atoms with Crippen molar-refractivity contribution in [1.29, 1.82) is 0 Å². The normalized spacial score (nSPS) is 30.3. The molecule has 3 atom stereocenters. The summed E-state index contributed by atoms with van der Waals surface area (Å²) >= 11 is 0. The van der Waals surface area contributed by atoms with E-state index in [0.29, 0.717) is 17.5 Å². The second-order valence-electron chi connectivity index (χ2n) is 7.85. The maximum absolute atomic E-state index is 6.27. The first-order valence-electron chi connectivity index (χ1n) is 9.35. The minimum Gasteiger partial charge on any atom is -0.338 e. The van der Waals surface area contributed by atoms with E-state index in [9.17, 15) is 0 Å². The highest BCUT2D eigenvalue weighted by Gasteiger charge is 2.52. The fourth-order valence-electron chi connectivity index (χ4n) is 6.03. The Labute approximate surface area is 162 Å². The molecule has 0 saturated carbocycles. The summed E-state index contributed by atoms with van der Waals surface area (Å²) in [7, 11) is 0. The van der Waals surface area contributed by atoms with Gasteiger partial charge in [0.15, 0.2) is 0 Å². The monoisotopic (exact) mass is 381 g/mol. The van der Waals surface area contributed by atoms with Crippen LogP contribution < -0.4 is 5.73 Å². The van der Waals surface area contributed by atoms with E-state index in [4.69, 9.17) is 5.73 Å². The van der Waals surface area contributed by atoms with Crippen LogP contribution in [0.25, 0.3) is 10.9 Å². The maximum Gasteiger partial charge on any atom is 0.0561 e. The van der Waals surface area contributed by atoms with Crippen LogP contribution in [0.1, 0.15) is 55.9 Å². The minimum atomic E-state index is 0. The van der Waals surface area contributed by atoms with E-state index in [2.05, 4.69) is 40.7 Å². The summed E-state index contributed by atoms with van der Waals surface area (Å²) in [6.45, 7) is 5.69. The van der Waals surface area contributed by atoms with E-state index in [-0.39, 0.29) is 24.8 Å². The molecule has 1 aromatic heterocycles. The van der Waals surface area contributed by atoms with Crippen molar-refractivity contribution in [3.05, 3.63) is 35.5 Å². The van der Waals surface area contributed by atoms with Crippen molar-refractivity contribution in [3.8, 4) is 0 Å². The molecule has 2 aromatic rings. The van der Waals surface area contributed by atoms with Crippen LogP contribution in [-0.2, 0) is 6.42 Å². The van der Waals surface area contributed by atoms with Gasteiger partial charge in [-0.25, -0.2) is 0 Å². The quantitative estimate of drug-likeness (QED) is 0.831. The third kappa shape index (κ3) is 2.39. The Kier molecular flexibility index (Phi) is 5.15. The van der Waals surface area contributed by atoms with Gasteiger partial charge in [0.25, 0.3) is 0 Å². The smallest absolute Gasteiger partial charge is 0.0561 e. The molecule has 3 nitrogen and oxygen atoms in total. The van der Waals surface area contributed by atoms with Gasteiger partial charge in [0, 0.05) is 35.7 Å². The second-order valence-corrected chi connectivity index (χ2v) is 7.85. The van der Waals surface area contributed by atoms with Gasteiger partial charge in [0.2, 0.25) is 0 Å². The van der Waals surface area contributed by atoms with Crippen molar-refractivity contribution in [3.63, 3.8) is 0 Å². The predicted molar refractivity (Wildman–Crippen MR) is 109 cm³/mol. The molecule has 0 bridgehead atoms. The lowest BCUT2D eigenvalue weighted by molar-refractivity contribution is -0.0346. The van der Waals surface area contributed by atoms with E-state index in [0.717, 1.165) is 6.54 Å². The van der Waals surface area contributed by atoms with Crippen LogP contribution in [0.3, 0.4) is 0 Å². The Balaban J connectivity index is 0.000000911. The molecule has 2 N–H and O–H groups in total. The molecular formula is C20H29Cl2N3. The highest BCUT2D eigenvalue weighted by molar-refractivity contribution is 5.86. The number of piperidine rings is 1. The number of hydrogen-bond donors (Lipinski definition) is 1. The molecule has 1 unspecified atom stereocenters. The molecule has 25 heavy (non-hydrogen) atoms. The third-order valence-corrected chi connectivity index (χ3v) is 7.01. The Morgan fingerprint density at radius 2 is 2.00 bits per heavy atom. The Morgan fingerprint density at radius 3 is 2.76 bits per heavy atom. The summed E-state index contributed by atoms with van der Waals surface area (Å²) in [4.78, 5) is 2.79. The van der Waals surface area contributed by atoms with E-state index in [1.165, 1.54) is 56.1 Å². The zero-order valence-electron chi connectivity index (χ0n) is 14.9. The lowest BCUT2D eigenvalue weighted by atomic mass is 9.63. The number of nitrogens with zero attached hydrogens (tertiary/aromatic N) is 2. The van der Waals surface area contributed by atoms with Crippen molar-refractivity contribution in [2.75, 3.05) is 19.6 Å². The van der Waals surface area contributed by atoms with Crippen LogP contribution in [0.2, 0.25) is 0 Å². The molecule has 1 aromatic carbocycles. The Bertz CT molecular complexity index is 772. The van der Waals surface area contributed by atoms with Crippen molar-refractivity contribution in [2.45, 2.75) is 51.1 Å². The van der Waals surface area contributed by atoms with Gasteiger partial charge < -0.3 is 10.3 Å². The maximum atomic E-state index is 6.27. The van der Waals surface area contributed by atoms with Crippen LogP contribution in [0.5, 0.6) is 0 Å². The zero-order chi connectivity index (χ0) is 15.6. The number of hydrogen-bond acceptors (Lipinski definition) is 2. The van der Waals surface area contributed by atoms with E-state index in [1.54, 1.807) is 11.3 Å². The SMILES string of the molecule is CC[C@]12CCCN3CCc4c(n(c5ccccc45)C(CN)C1)[C@@H]32.Cl.Cl. The summed E-state index contributed by atoms with van der Waals surface area (Å²) < 4.78 is 2.64. The van der Waals surface area contributed by atoms with Crippen LogP contribution in [0, 0.1) is 5.41 Å². The highest BCUT2D eigenvalue weighted by atomic mass is 35.5. The van der Waals surface area contributed by atoms with Gasteiger partial charge in [-0.15, -0.1) is 24.8 Å². The number of rotatable bonds is 2. The fourth-order valence-corrected chi connectivity index (χ4v) is 6.03. The van der Waals surface area contributed by atoms with E-state index in [1.807, 2.05) is 0 Å². The van der Waals surface area contributed by atoms with Crippen molar-refractivity contribution in [2.24, 2.45) is 11.1 Å². The van der Waals surface area contributed by atoms with Gasteiger partial charge in [-0.05, 0) is 55.7 Å². The fraction of sp³-hybridized carbons (Fsp3) is 0.600. The Morgan fingerprint density at radius 1 is 1.20 bits per heavy atom. The molecule has 0 spiro atoms. The number of halogens is 2. The predicted octanol–water partition coefficient (Wildman–Crippen LogP) is 4.48. The van der Waals surface area contributed by atoms with Gasteiger partial charge in [-0.3, -0.25) is 4.90 Å². The minimum absolute atomic E-state index is 0. The average Bonchev–Trinajstić information content (AvgIpc) is 2.95. The van der Waals surface area contributed by atoms with E-state index < -0.39 is 0 Å². The third-order valence-electron chi connectivity index (χ3n) is 7.01. The van der Waals surface area contributed by atoms with E-state index >= 15 is 0 Å². The van der Waals surface area contributed by atoms with Crippen LogP contribution in [0.4, 0.5) is 0 Å². The molecule has 1 saturated heterocycles. The summed E-state index contributed by atoms with van der Waals surface area (Å²) in [5, 5.41) is 1.48. The first-order chi connectivity index (χ1) is 11.3. The molecular weight excluding hydrogens is 353 g/mol. The Hall–Kier alpha value is -0.740. The molecule has 4 heterocycles. The van der Waals surface area contributed by atoms with Crippen LogP contribution >= 0.6 is 24.8 Å². The van der Waals surface area contributed by atoms with Gasteiger partial charge in [0.1, 0.15) is 0 Å². The molecule has 0 amide bonds. The molecule has 3 aliphatic rings. The van der Waals surface area contributed by atoms with Crippen molar-refractivity contribution in [1.82, 2.24) is 9.47 Å². The van der Waals surface area contributed by atoms with Crippen molar-refractivity contribution < 1.29 is 0 Å². The summed E-state index contributed by atoms with van der Waals surface area (Å²) in [6.07, 6.45) is 6.48. The van der Waals surface area contributed by atoms with Gasteiger partial charge in [0.05, 0.1) is 6.04 Å². The molecule has 0 radical (unpaired) electrons. The molecule has 3 aliphatic heterocycles. The number of para-hydroxylation sites is 1. The van der Waals surface area contributed by atoms with Gasteiger partial charge in [-0.2, -0.15) is 0 Å². The topological polar surface area (TPSA) is 34.2 Å². The summed E-state index contributed by atoms with van der Waals surface area (Å²) in [5.41, 5.74) is 11.4. The molecule has 5 heteroatoms. The van der Waals surface area contributed by atoms with Gasteiger partial charge >= 0.3 is 0 Å². The first-order valence-corrected chi connectivity index (χ1v) is 9.35. The summed E-state index contributed by atoms with van der Waals surface area (Å²) in [5.74, 6) is 0. The largest absolute Gasteiger partial charge is 0.338 e. The molecule has 138 valence electrons.